The van der Waals surface area contributed by atoms with E-state index in [0.717, 1.165) is 10.0 Å². The summed E-state index contributed by atoms with van der Waals surface area (Å²) in [5, 5.41) is 6.70. The fraction of sp³-hybridized carbons (Fsp3) is 0.0909. The van der Waals surface area contributed by atoms with Crippen LogP contribution in [0.2, 0.25) is 0 Å². The van der Waals surface area contributed by atoms with Gasteiger partial charge in [-0.2, -0.15) is 4.98 Å². The zero-order valence-electron chi connectivity index (χ0n) is 16.4. The van der Waals surface area contributed by atoms with Gasteiger partial charge in [-0.15, -0.1) is 0 Å². The number of anilines is 1. The number of ether oxygens (including phenoxy) is 1. The summed E-state index contributed by atoms with van der Waals surface area (Å²) in [6.07, 6.45) is 1.53. The summed E-state index contributed by atoms with van der Waals surface area (Å²) < 4.78 is 12.7. The zero-order valence-corrected chi connectivity index (χ0v) is 18.0. The second kappa shape index (κ2) is 8.97. The molecule has 0 fully saturated rings. The summed E-state index contributed by atoms with van der Waals surface area (Å²) in [5.74, 6) is 0.724. The standard InChI is InChI=1S/C22H17BrN4O4/c1-30-17-5-2-4-16(12-17)24-19(28)13-27-11-3-6-18(22(27)29)21-25-20(26-31-21)14-7-9-15(23)10-8-14/h2-12H,13H2,1H3,(H,24,28). The van der Waals surface area contributed by atoms with Crippen LogP contribution in [0.4, 0.5) is 5.69 Å². The maximum atomic E-state index is 12.9. The number of rotatable bonds is 6. The Labute approximate surface area is 185 Å². The second-order valence-corrected chi connectivity index (χ2v) is 7.48. The highest BCUT2D eigenvalue weighted by molar-refractivity contribution is 9.10. The molecule has 4 aromatic rings. The van der Waals surface area contributed by atoms with Gasteiger partial charge in [0.15, 0.2) is 0 Å². The lowest BCUT2D eigenvalue weighted by Gasteiger charge is -2.09. The largest absolute Gasteiger partial charge is 0.497 e. The van der Waals surface area contributed by atoms with Crippen molar-refractivity contribution in [3.05, 3.63) is 81.7 Å². The Hall–Kier alpha value is -3.72. The van der Waals surface area contributed by atoms with Crippen LogP contribution < -0.4 is 15.6 Å². The van der Waals surface area contributed by atoms with Crippen LogP contribution in [0.5, 0.6) is 5.75 Å². The number of pyridine rings is 1. The molecule has 0 unspecified atom stereocenters. The molecule has 4 rings (SSSR count). The van der Waals surface area contributed by atoms with Gasteiger partial charge in [0.25, 0.3) is 11.4 Å². The van der Waals surface area contributed by atoms with E-state index < -0.39 is 5.56 Å². The SMILES string of the molecule is COc1cccc(NC(=O)Cn2cccc(-c3nc(-c4ccc(Br)cc4)no3)c2=O)c1. The second-order valence-electron chi connectivity index (χ2n) is 6.57. The van der Waals surface area contributed by atoms with Crippen molar-refractivity contribution < 1.29 is 14.1 Å². The first-order valence-corrected chi connectivity index (χ1v) is 10.1. The molecule has 0 aliphatic rings. The molecule has 2 aromatic heterocycles. The fourth-order valence-electron chi connectivity index (χ4n) is 2.93. The van der Waals surface area contributed by atoms with Gasteiger partial charge in [0.05, 0.1) is 7.11 Å². The lowest BCUT2D eigenvalue weighted by molar-refractivity contribution is -0.116. The molecule has 31 heavy (non-hydrogen) atoms. The topological polar surface area (TPSA) is 99.2 Å². The summed E-state index contributed by atoms with van der Waals surface area (Å²) in [6, 6.07) is 17.6. The number of halogens is 1. The summed E-state index contributed by atoms with van der Waals surface area (Å²) >= 11 is 3.38. The van der Waals surface area contributed by atoms with Gasteiger partial charge in [-0.3, -0.25) is 9.59 Å². The number of benzene rings is 2. The first kappa shape index (κ1) is 20.5. The van der Waals surface area contributed by atoms with Crippen LogP contribution in [0.3, 0.4) is 0 Å². The number of nitrogens with one attached hydrogen (secondary N) is 1. The minimum Gasteiger partial charge on any atom is -0.497 e. The van der Waals surface area contributed by atoms with E-state index in [9.17, 15) is 9.59 Å². The van der Waals surface area contributed by atoms with Gasteiger partial charge in [-0.25, -0.2) is 0 Å². The Kier molecular flexibility index (Phi) is 5.94. The van der Waals surface area contributed by atoms with E-state index in [1.807, 2.05) is 24.3 Å². The molecule has 0 bridgehead atoms. The van der Waals surface area contributed by atoms with Gasteiger partial charge >= 0.3 is 0 Å². The summed E-state index contributed by atoms with van der Waals surface area (Å²) in [4.78, 5) is 29.6. The maximum absolute atomic E-state index is 12.9. The molecule has 156 valence electrons. The minimum absolute atomic E-state index is 0.0884. The number of hydrogen-bond acceptors (Lipinski definition) is 6. The van der Waals surface area contributed by atoms with E-state index in [4.69, 9.17) is 9.26 Å². The highest BCUT2D eigenvalue weighted by Crippen LogP contribution is 2.22. The molecule has 0 aliphatic heterocycles. The predicted molar refractivity (Wildman–Crippen MR) is 119 cm³/mol. The van der Waals surface area contributed by atoms with Crippen LogP contribution in [-0.2, 0) is 11.3 Å². The summed E-state index contributed by atoms with van der Waals surface area (Å²) in [6.45, 7) is -0.169. The number of amides is 1. The third-order valence-electron chi connectivity index (χ3n) is 4.45. The van der Waals surface area contributed by atoms with E-state index >= 15 is 0 Å². The first-order valence-electron chi connectivity index (χ1n) is 9.27. The normalized spacial score (nSPS) is 10.6. The van der Waals surface area contributed by atoms with E-state index in [1.165, 1.54) is 10.8 Å². The Balaban J connectivity index is 1.54. The highest BCUT2D eigenvalue weighted by atomic mass is 79.9. The third-order valence-corrected chi connectivity index (χ3v) is 4.98. The molecule has 2 aromatic carbocycles. The van der Waals surface area contributed by atoms with Gasteiger partial charge in [0.2, 0.25) is 11.7 Å². The zero-order chi connectivity index (χ0) is 21.8. The average molecular weight is 481 g/mol. The molecule has 9 heteroatoms. The molecular formula is C22H17BrN4O4. The molecule has 0 aliphatic carbocycles. The first-order chi connectivity index (χ1) is 15.0. The van der Waals surface area contributed by atoms with Crippen molar-refractivity contribution in [1.29, 1.82) is 0 Å². The number of carbonyl (C=O) groups is 1. The molecular weight excluding hydrogens is 464 g/mol. The van der Waals surface area contributed by atoms with E-state index in [1.54, 1.807) is 43.5 Å². The van der Waals surface area contributed by atoms with E-state index in [0.29, 0.717) is 17.3 Å². The molecule has 8 nitrogen and oxygen atoms in total. The van der Waals surface area contributed by atoms with E-state index in [-0.39, 0.29) is 23.9 Å². The monoisotopic (exact) mass is 480 g/mol. The summed E-state index contributed by atoms with van der Waals surface area (Å²) in [7, 11) is 1.55. The van der Waals surface area contributed by atoms with Crippen molar-refractivity contribution in [2.24, 2.45) is 0 Å². The van der Waals surface area contributed by atoms with Crippen molar-refractivity contribution in [2.75, 3.05) is 12.4 Å². The average Bonchev–Trinajstić information content (AvgIpc) is 3.26. The number of carbonyl (C=O) groups excluding carboxylic acids is 1. The fourth-order valence-corrected chi connectivity index (χ4v) is 3.19. The van der Waals surface area contributed by atoms with Crippen molar-refractivity contribution in [3.63, 3.8) is 0 Å². The Bertz CT molecular complexity index is 1280. The third kappa shape index (κ3) is 4.72. The van der Waals surface area contributed by atoms with Crippen LogP contribution in [0.25, 0.3) is 22.8 Å². The Morgan fingerprint density at radius 2 is 1.97 bits per heavy atom. The molecule has 0 saturated carbocycles. The van der Waals surface area contributed by atoms with Crippen molar-refractivity contribution in [3.8, 4) is 28.6 Å². The molecule has 1 N–H and O–H groups in total. The van der Waals surface area contributed by atoms with Crippen molar-refractivity contribution in [1.82, 2.24) is 14.7 Å². The lowest BCUT2D eigenvalue weighted by Crippen LogP contribution is -2.28. The van der Waals surface area contributed by atoms with Crippen LogP contribution in [0.15, 0.2) is 80.7 Å². The van der Waals surface area contributed by atoms with Gasteiger partial charge in [-0.1, -0.05) is 27.2 Å². The molecule has 0 radical (unpaired) electrons. The Morgan fingerprint density at radius 3 is 2.74 bits per heavy atom. The Morgan fingerprint density at radius 1 is 1.16 bits per heavy atom. The number of hydrogen-bond donors (Lipinski definition) is 1. The number of methoxy groups -OCH3 is 1. The van der Waals surface area contributed by atoms with Gasteiger partial charge in [0.1, 0.15) is 17.9 Å². The molecule has 1 amide bonds. The van der Waals surface area contributed by atoms with E-state index in [2.05, 4.69) is 31.4 Å². The number of nitrogens with zero attached hydrogens (tertiary/aromatic N) is 3. The quantitative estimate of drug-likeness (QED) is 0.448. The van der Waals surface area contributed by atoms with Crippen molar-refractivity contribution >= 4 is 27.5 Å². The van der Waals surface area contributed by atoms with Crippen molar-refractivity contribution in [2.45, 2.75) is 6.54 Å². The van der Waals surface area contributed by atoms with Crippen LogP contribution in [-0.4, -0.2) is 27.7 Å². The smallest absolute Gasteiger partial charge is 0.263 e. The van der Waals surface area contributed by atoms with Gasteiger partial charge in [-0.05, 0) is 48.5 Å². The summed E-state index contributed by atoms with van der Waals surface area (Å²) in [5.41, 5.74) is 1.14. The molecule has 0 atom stereocenters. The van der Waals surface area contributed by atoms with Gasteiger partial charge < -0.3 is 19.1 Å². The predicted octanol–water partition coefficient (Wildman–Crippen LogP) is 3.98. The van der Waals surface area contributed by atoms with Crippen LogP contribution >= 0.6 is 15.9 Å². The van der Waals surface area contributed by atoms with Crippen LogP contribution in [0.1, 0.15) is 0 Å². The van der Waals surface area contributed by atoms with Crippen LogP contribution in [0, 0.1) is 0 Å². The lowest BCUT2D eigenvalue weighted by atomic mass is 10.2. The highest BCUT2D eigenvalue weighted by Gasteiger charge is 2.16. The molecule has 2 heterocycles. The molecule has 0 spiro atoms. The molecule has 0 saturated heterocycles. The van der Waals surface area contributed by atoms with Gasteiger partial charge in [0, 0.05) is 28.0 Å². The number of aromatic nitrogens is 3. The maximum Gasteiger partial charge on any atom is 0.263 e. The minimum atomic E-state index is -0.408.